The van der Waals surface area contributed by atoms with E-state index in [1.807, 2.05) is 36.1 Å². The Labute approximate surface area is 152 Å². The second kappa shape index (κ2) is 7.92. The molecule has 1 aromatic carbocycles. The number of nitrogens with zero attached hydrogens (tertiary/aromatic N) is 2. The van der Waals surface area contributed by atoms with Crippen molar-refractivity contribution in [1.82, 2.24) is 4.90 Å². The minimum atomic E-state index is -0.277. The molecule has 0 bridgehead atoms. The van der Waals surface area contributed by atoms with Gasteiger partial charge in [0.15, 0.2) is 0 Å². The van der Waals surface area contributed by atoms with Crippen LogP contribution in [0, 0.1) is 23.2 Å². The summed E-state index contributed by atoms with van der Waals surface area (Å²) >= 11 is 1.58. The zero-order valence-electron chi connectivity index (χ0n) is 14.4. The fourth-order valence-corrected chi connectivity index (χ4v) is 4.03. The van der Waals surface area contributed by atoms with Crippen LogP contribution in [0.15, 0.2) is 29.2 Å². The van der Waals surface area contributed by atoms with Crippen LogP contribution in [0.3, 0.4) is 0 Å². The smallest absolute Gasteiger partial charge is 0.229 e. The number of rotatable bonds is 7. The predicted octanol–water partition coefficient (Wildman–Crippen LogP) is 3.28. The Morgan fingerprint density at radius 2 is 2.20 bits per heavy atom. The highest BCUT2D eigenvalue weighted by Gasteiger charge is 2.37. The molecule has 0 unspecified atom stereocenters. The summed E-state index contributed by atoms with van der Waals surface area (Å²) in [5, 5.41) is 12.0. The lowest BCUT2D eigenvalue weighted by atomic mass is 10.1. The largest absolute Gasteiger partial charge is 0.342 e. The van der Waals surface area contributed by atoms with Gasteiger partial charge >= 0.3 is 0 Å². The minimum absolute atomic E-state index is 0.0902. The molecule has 6 heteroatoms. The summed E-state index contributed by atoms with van der Waals surface area (Å²) in [6.07, 6.45) is 3.16. The van der Waals surface area contributed by atoms with Crippen molar-refractivity contribution in [2.24, 2.45) is 11.8 Å². The van der Waals surface area contributed by atoms with Crippen LogP contribution in [-0.4, -0.2) is 35.1 Å². The number of para-hydroxylation sites is 1. The summed E-state index contributed by atoms with van der Waals surface area (Å²) in [5.74, 6) is 0.371. The maximum Gasteiger partial charge on any atom is 0.229 e. The number of nitriles is 1. The molecule has 2 fully saturated rings. The molecule has 1 saturated carbocycles. The SMILES string of the molecule is C[C@H](CC#N)Sc1ccccc1NC(=O)[C@H]1CC(=O)N(CC2CC2)C1. The number of benzene rings is 1. The molecular formula is C19H23N3O2S. The fourth-order valence-electron chi connectivity index (χ4n) is 3.03. The van der Waals surface area contributed by atoms with Crippen molar-refractivity contribution in [3.63, 3.8) is 0 Å². The van der Waals surface area contributed by atoms with Gasteiger partial charge in [-0.15, -0.1) is 11.8 Å². The number of thioether (sulfide) groups is 1. The normalized spacial score (nSPS) is 21.0. The third-order valence-electron chi connectivity index (χ3n) is 4.61. The lowest BCUT2D eigenvalue weighted by Crippen LogP contribution is -2.30. The number of hydrogen-bond donors (Lipinski definition) is 1. The summed E-state index contributed by atoms with van der Waals surface area (Å²) in [6.45, 7) is 3.33. The lowest BCUT2D eigenvalue weighted by molar-refractivity contribution is -0.128. The van der Waals surface area contributed by atoms with Crippen LogP contribution >= 0.6 is 11.8 Å². The van der Waals surface area contributed by atoms with Crippen molar-refractivity contribution in [3.8, 4) is 6.07 Å². The molecule has 132 valence electrons. The van der Waals surface area contributed by atoms with Crippen molar-refractivity contribution >= 4 is 29.3 Å². The van der Waals surface area contributed by atoms with Gasteiger partial charge in [-0.3, -0.25) is 9.59 Å². The van der Waals surface area contributed by atoms with Crippen LogP contribution in [0.2, 0.25) is 0 Å². The molecule has 0 spiro atoms. The first-order valence-corrected chi connectivity index (χ1v) is 9.66. The summed E-state index contributed by atoms with van der Waals surface area (Å²) in [7, 11) is 0. The summed E-state index contributed by atoms with van der Waals surface area (Å²) in [6, 6.07) is 9.80. The first-order chi connectivity index (χ1) is 12.1. The van der Waals surface area contributed by atoms with Gasteiger partial charge in [0.25, 0.3) is 0 Å². The van der Waals surface area contributed by atoms with E-state index in [1.54, 1.807) is 11.8 Å². The molecule has 3 rings (SSSR count). The summed E-state index contributed by atoms with van der Waals surface area (Å²) in [5.41, 5.74) is 0.760. The van der Waals surface area contributed by atoms with Crippen molar-refractivity contribution < 1.29 is 9.59 Å². The van der Waals surface area contributed by atoms with Crippen LogP contribution in [0.4, 0.5) is 5.69 Å². The van der Waals surface area contributed by atoms with Gasteiger partial charge in [0.05, 0.1) is 17.7 Å². The van der Waals surface area contributed by atoms with Crippen LogP contribution in [-0.2, 0) is 9.59 Å². The molecule has 1 N–H and O–H groups in total. The third kappa shape index (κ3) is 4.76. The monoisotopic (exact) mass is 357 g/mol. The first kappa shape index (κ1) is 17.8. The molecule has 1 aliphatic heterocycles. The van der Waals surface area contributed by atoms with E-state index in [0.717, 1.165) is 17.1 Å². The van der Waals surface area contributed by atoms with E-state index in [0.29, 0.717) is 25.3 Å². The molecule has 0 radical (unpaired) electrons. The predicted molar refractivity (Wildman–Crippen MR) is 98.0 cm³/mol. The van der Waals surface area contributed by atoms with E-state index in [9.17, 15) is 9.59 Å². The molecule has 1 aliphatic carbocycles. The van der Waals surface area contributed by atoms with Gasteiger partial charge in [0.2, 0.25) is 11.8 Å². The molecule has 25 heavy (non-hydrogen) atoms. The van der Waals surface area contributed by atoms with Crippen molar-refractivity contribution in [2.45, 2.75) is 42.8 Å². The van der Waals surface area contributed by atoms with Crippen LogP contribution in [0.1, 0.15) is 32.6 Å². The number of carbonyl (C=O) groups is 2. The highest BCUT2D eigenvalue weighted by Crippen LogP contribution is 2.34. The van der Waals surface area contributed by atoms with Gasteiger partial charge < -0.3 is 10.2 Å². The van der Waals surface area contributed by atoms with Crippen molar-refractivity contribution in [3.05, 3.63) is 24.3 Å². The number of hydrogen-bond acceptors (Lipinski definition) is 4. The summed E-state index contributed by atoms with van der Waals surface area (Å²) in [4.78, 5) is 27.5. The third-order valence-corrected chi connectivity index (χ3v) is 5.79. The Hall–Kier alpha value is -2.00. The first-order valence-electron chi connectivity index (χ1n) is 8.78. The zero-order valence-corrected chi connectivity index (χ0v) is 15.2. The van der Waals surface area contributed by atoms with Gasteiger partial charge in [0, 0.05) is 36.1 Å². The van der Waals surface area contributed by atoms with Gasteiger partial charge in [-0.1, -0.05) is 19.1 Å². The molecule has 5 nitrogen and oxygen atoms in total. The van der Waals surface area contributed by atoms with E-state index in [4.69, 9.17) is 5.26 Å². The standard InChI is InChI=1S/C19H23N3O2S/c1-13(8-9-20)25-17-5-3-2-4-16(17)21-19(24)15-10-18(23)22(12-15)11-14-6-7-14/h2-5,13-15H,6-8,10-12H2,1H3,(H,21,24)/t13-,15+/m1/s1. The summed E-state index contributed by atoms with van der Waals surface area (Å²) < 4.78 is 0. The second-order valence-corrected chi connectivity index (χ2v) is 8.40. The van der Waals surface area contributed by atoms with E-state index in [1.165, 1.54) is 12.8 Å². The Kier molecular flexibility index (Phi) is 5.64. The van der Waals surface area contributed by atoms with E-state index in [2.05, 4.69) is 11.4 Å². The van der Waals surface area contributed by atoms with Gasteiger partial charge in [-0.25, -0.2) is 0 Å². The van der Waals surface area contributed by atoms with Crippen LogP contribution in [0.25, 0.3) is 0 Å². The number of amides is 2. The molecule has 0 aromatic heterocycles. The van der Waals surface area contributed by atoms with Crippen molar-refractivity contribution in [1.29, 1.82) is 5.26 Å². The molecule has 2 atom stereocenters. The Morgan fingerprint density at radius 3 is 2.92 bits per heavy atom. The van der Waals surface area contributed by atoms with Crippen LogP contribution in [0.5, 0.6) is 0 Å². The topological polar surface area (TPSA) is 73.2 Å². The van der Waals surface area contributed by atoms with Crippen LogP contribution < -0.4 is 5.32 Å². The highest BCUT2D eigenvalue weighted by atomic mass is 32.2. The lowest BCUT2D eigenvalue weighted by Gasteiger charge is -2.17. The molecule has 2 amide bonds. The average Bonchev–Trinajstić information content (AvgIpc) is 3.32. The number of anilines is 1. The highest BCUT2D eigenvalue weighted by molar-refractivity contribution is 8.00. The quantitative estimate of drug-likeness (QED) is 0.760. The number of likely N-dealkylation sites (tertiary alicyclic amines) is 1. The Balaban J connectivity index is 1.61. The van der Waals surface area contributed by atoms with Gasteiger partial charge in [-0.05, 0) is 30.9 Å². The van der Waals surface area contributed by atoms with Crippen molar-refractivity contribution in [2.75, 3.05) is 18.4 Å². The molecule has 1 saturated heterocycles. The zero-order chi connectivity index (χ0) is 17.8. The van der Waals surface area contributed by atoms with E-state index in [-0.39, 0.29) is 23.0 Å². The minimum Gasteiger partial charge on any atom is -0.342 e. The molecule has 1 aromatic rings. The van der Waals surface area contributed by atoms with E-state index >= 15 is 0 Å². The molecule has 2 aliphatic rings. The van der Waals surface area contributed by atoms with Gasteiger partial charge in [0.1, 0.15) is 0 Å². The fraction of sp³-hybridized carbons (Fsp3) is 0.526. The molecule has 1 heterocycles. The van der Waals surface area contributed by atoms with E-state index < -0.39 is 0 Å². The number of nitrogens with one attached hydrogen (secondary N) is 1. The maximum atomic E-state index is 12.6. The number of carbonyl (C=O) groups excluding carboxylic acids is 2. The maximum absolute atomic E-state index is 12.6. The molecular weight excluding hydrogens is 334 g/mol. The Bertz CT molecular complexity index is 696. The Morgan fingerprint density at radius 1 is 1.44 bits per heavy atom. The van der Waals surface area contributed by atoms with Gasteiger partial charge in [-0.2, -0.15) is 5.26 Å². The second-order valence-electron chi connectivity index (χ2n) is 6.92. The average molecular weight is 357 g/mol.